The minimum atomic E-state index is 0.472. The van der Waals surface area contributed by atoms with Crippen LogP contribution >= 0.6 is 0 Å². The standard InChI is InChI=1S/C13H8N4/c14-17-12-9-5-1-2-6-10(9)16-13(12)11-7-3-4-8-15-11/h1-8H. The molecule has 0 unspecified atom stereocenters. The second-order valence-electron chi connectivity index (χ2n) is 3.64. The van der Waals surface area contributed by atoms with Crippen LogP contribution in [0.25, 0.3) is 5.53 Å². The SMILES string of the molecule is [N-]=[N+]=C1C(c2ccccn2)=Nc2ccccc21. The summed E-state index contributed by atoms with van der Waals surface area (Å²) < 4.78 is 0. The maximum Gasteiger partial charge on any atom is 0.352 e. The van der Waals surface area contributed by atoms with Crippen LogP contribution in [-0.2, 0) is 0 Å². The lowest BCUT2D eigenvalue weighted by Crippen LogP contribution is -2.14. The zero-order valence-corrected chi connectivity index (χ0v) is 8.91. The van der Waals surface area contributed by atoms with Gasteiger partial charge in [-0.2, -0.15) is 4.79 Å². The lowest BCUT2D eigenvalue weighted by molar-refractivity contribution is -0.000156. The van der Waals surface area contributed by atoms with Gasteiger partial charge in [-0.3, -0.25) is 4.98 Å². The van der Waals surface area contributed by atoms with Crippen molar-refractivity contribution in [2.45, 2.75) is 0 Å². The number of hydrogen-bond acceptors (Lipinski definition) is 2. The van der Waals surface area contributed by atoms with E-state index in [0.717, 1.165) is 11.3 Å². The lowest BCUT2D eigenvalue weighted by Gasteiger charge is -1.93. The molecule has 0 saturated carbocycles. The number of fused-ring (bicyclic) bond motifs is 1. The van der Waals surface area contributed by atoms with Gasteiger partial charge in [0.25, 0.3) is 0 Å². The largest absolute Gasteiger partial charge is 0.361 e. The molecule has 1 aromatic carbocycles. The topological polar surface area (TPSA) is 61.7 Å². The molecule has 1 aliphatic heterocycles. The summed E-state index contributed by atoms with van der Waals surface area (Å²) in [7, 11) is 0. The van der Waals surface area contributed by atoms with Gasteiger partial charge >= 0.3 is 5.71 Å². The van der Waals surface area contributed by atoms with Crippen LogP contribution in [-0.4, -0.2) is 21.2 Å². The Kier molecular flexibility index (Phi) is 2.14. The number of nitrogens with zero attached hydrogens (tertiary/aromatic N) is 4. The van der Waals surface area contributed by atoms with Gasteiger partial charge in [0.2, 0.25) is 0 Å². The van der Waals surface area contributed by atoms with Crippen LogP contribution in [0, 0.1) is 0 Å². The summed E-state index contributed by atoms with van der Waals surface area (Å²) in [6.07, 6.45) is 1.69. The fourth-order valence-corrected chi connectivity index (χ4v) is 1.85. The molecule has 3 rings (SSSR count). The van der Waals surface area contributed by atoms with Crippen molar-refractivity contribution in [3.63, 3.8) is 0 Å². The van der Waals surface area contributed by atoms with Gasteiger partial charge in [0.1, 0.15) is 0 Å². The predicted molar refractivity (Wildman–Crippen MR) is 64.6 cm³/mol. The van der Waals surface area contributed by atoms with Gasteiger partial charge in [0, 0.05) is 6.20 Å². The van der Waals surface area contributed by atoms with E-state index in [9.17, 15) is 0 Å². The smallest absolute Gasteiger partial charge is 0.352 e. The van der Waals surface area contributed by atoms with Gasteiger partial charge in [0.05, 0.1) is 16.9 Å². The van der Waals surface area contributed by atoms with Crippen molar-refractivity contribution >= 4 is 17.1 Å². The van der Waals surface area contributed by atoms with E-state index in [0.29, 0.717) is 17.1 Å². The number of benzene rings is 1. The van der Waals surface area contributed by atoms with Crippen molar-refractivity contribution in [2.75, 3.05) is 0 Å². The summed E-state index contributed by atoms with van der Waals surface area (Å²) in [6, 6.07) is 13.1. The molecule has 0 fully saturated rings. The molecule has 4 nitrogen and oxygen atoms in total. The molecule has 1 aliphatic rings. The Labute approximate surface area is 97.9 Å². The second-order valence-corrected chi connectivity index (χ2v) is 3.64. The summed E-state index contributed by atoms with van der Waals surface area (Å²) in [5.41, 5.74) is 12.5. The van der Waals surface area contributed by atoms with Crippen LogP contribution in [0.3, 0.4) is 0 Å². The third-order valence-corrected chi connectivity index (χ3v) is 2.62. The molecule has 0 N–H and O–H groups in total. The van der Waals surface area contributed by atoms with Crippen molar-refractivity contribution in [1.29, 1.82) is 0 Å². The van der Waals surface area contributed by atoms with Crippen LogP contribution in [0.1, 0.15) is 11.3 Å². The Morgan fingerprint density at radius 3 is 2.59 bits per heavy atom. The first-order valence-corrected chi connectivity index (χ1v) is 5.22. The molecule has 17 heavy (non-hydrogen) atoms. The van der Waals surface area contributed by atoms with Crippen LogP contribution in [0.2, 0.25) is 0 Å². The molecule has 0 atom stereocenters. The molecule has 0 amide bonds. The highest BCUT2D eigenvalue weighted by atomic mass is 14.9. The van der Waals surface area contributed by atoms with E-state index < -0.39 is 0 Å². The molecular weight excluding hydrogens is 212 g/mol. The average Bonchev–Trinajstić information content (AvgIpc) is 2.78. The molecule has 0 radical (unpaired) electrons. The van der Waals surface area contributed by atoms with Crippen molar-refractivity contribution in [1.82, 2.24) is 4.98 Å². The molecule has 0 aliphatic carbocycles. The zero-order chi connectivity index (χ0) is 11.7. The highest BCUT2D eigenvalue weighted by molar-refractivity contribution is 6.54. The molecule has 80 valence electrons. The monoisotopic (exact) mass is 220 g/mol. The summed E-state index contributed by atoms with van der Waals surface area (Å²) >= 11 is 0. The average molecular weight is 220 g/mol. The van der Waals surface area contributed by atoms with E-state index in [1.54, 1.807) is 6.20 Å². The fourth-order valence-electron chi connectivity index (χ4n) is 1.85. The van der Waals surface area contributed by atoms with Crippen LogP contribution < -0.4 is 0 Å². The third kappa shape index (κ3) is 1.48. The summed E-state index contributed by atoms with van der Waals surface area (Å²) in [5.74, 6) is 0. The summed E-state index contributed by atoms with van der Waals surface area (Å²) in [4.78, 5) is 12.0. The first-order chi connectivity index (χ1) is 8.40. The highest BCUT2D eigenvalue weighted by Crippen LogP contribution is 2.27. The Balaban J connectivity index is 2.20. The first-order valence-electron chi connectivity index (χ1n) is 5.22. The van der Waals surface area contributed by atoms with Gasteiger partial charge in [-0.25, -0.2) is 4.99 Å². The Hall–Kier alpha value is -2.58. The summed E-state index contributed by atoms with van der Waals surface area (Å²) in [6.45, 7) is 0. The van der Waals surface area contributed by atoms with Crippen molar-refractivity contribution in [2.24, 2.45) is 4.99 Å². The normalized spacial score (nSPS) is 12.9. The van der Waals surface area contributed by atoms with E-state index in [-0.39, 0.29) is 0 Å². The molecule has 2 aromatic rings. The summed E-state index contributed by atoms with van der Waals surface area (Å²) in [5, 5.41) is 0. The number of aliphatic imine (C=N–C) groups is 1. The fraction of sp³-hybridized carbons (Fsp3) is 0. The number of para-hydroxylation sites is 1. The van der Waals surface area contributed by atoms with Crippen molar-refractivity contribution < 1.29 is 4.79 Å². The molecule has 2 heterocycles. The van der Waals surface area contributed by atoms with Gasteiger partial charge in [-0.15, -0.1) is 0 Å². The Morgan fingerprint density at radius 2 is 1.82 bits per heavy atom. The van der Waals surface area contributed by atoms with E-state index in [1.807, 2.05) is 42.5 Å². The Bertz CT molecular complexity index is 652. The minimum Gasteiger partial charge on any atom is -0.361 e. The van der Waals surface area contributed by atoms with Gasteiger partial charge in [-0.05, 0) is 24.3 Å². The van der Waals surface area contributed by atoms with Gasteiger partial charge in [-0.1, -0.05) is 18.2 Å². The van der Waals surface area contributed by atoms with Crippen molar-refractivity contribution in [3.05, 3.63) is 65.4 Å². The van der Waals surface area contributed by atoms with Crippen LogP contribution in [0.4, 0.5) is 5.69 Å². The molecule has 0 spiro atoms. The van der Waals surface area contributed by atoms with Crippen LogP contribution in [0.15, 0.2) is 53.7 Å². The van der Waals surface area contributed by atoms with Crippen LogP contribution in [0.5, 0.6) is 0 Å². The molecule has 1 aromatic heterocycles. The molecular formula is C13H8N4. The first kappa shape index (κ1) is 9.63. The van der Waals surface area contributed by atoms with Gasteiger partial charge in [0.15, 0.2) is 5.71 Å². The molecule has 0 saturated heterocycles. The van der Waals surface area contributed by atoms with E-state index >= 15 is 0 Å². The van der Waals surface area contributed by atoms with E-state index in [4.69, 9.17) is 5.53 Å². The maximum atomic E-state index is 9.12. The van der Waals surface area contributed by atoms with Crippen molar-refractivity contribution in [3.8, 4) is 0 Å². The molecule has 0 bridgehead atoms. The quantitative estimate of drug-likeness (QED) is 0.537. The maximum absolute atomic E-state index is 9.12. The number of hydrogen-bond donors (Lipinski definition) is 0. The predicted octanol–water partition coefficient (Wildman–Crippen LogP) is 2.23. The highest BCUT2D eigenvalue weighted by Gasteiger charge is 2.31. The Morgan fingerprint density at radius 1 is 1.00 bits per heavy atom. The zero-order valence-electron chi connectivity index (χ0n) is 8.91. The number of pyridine rings is 1. The molecule has 4 heteroatoms. The van der Waals surface area contributed by atoms with E-state index in [2.05, 4.69) is 14.8 Å². The second kappa shape index (κ2) is 3.77. The third-order valence-electron chi connectivity index (χ3n) is 2.62. The minimum absolute atomic E-state index is 0.472. The van der Waals surface area contributed by atoms with Gasteiger partial charge < -0.3 is 5.53 Å². The lowest BCUT2D eigenvalue weighted by atomic mass is 10.1. The van der Waals surface area contributed by atoms with E-state index in [1.165, 1.54) is 0 Å². The number of rotatable bonds is 1. The number of aromatic nitrogens is 1.